The predicted octanol–water partition coefficient (Wildman–Crippen LogP) is 2.73. The summed E-state index contributed by atoms with van der Waals surface area (Å²) in [5, 5.41) is 0. The van der Waals surface area contributed by atoms with Crippen LogP contribution >= 0.6 is 22.6 Å². The Balaban J connectivity index is 2.84. The number of esters is 1. The molecule has 3 nitrogen and oxygen atoms in total. The summed E-state index contributed by atoms with van der Waals surface area (Å²) in [5.74, 6) is -0.426. The second-order valence-corrected chi connectivity index (χ2v) is 4.11. The average Bonchev–Trinajstić information content (AvgIpc) is 2.16. The summed E-state index contributed by atoms with van der Waals surface area (Å²) in [5.41, 5.74) is 0.180. The monoisotopic (exact) mass is 341 g/mol. The highest BCUT2D eigenvalue weighted by molar-refractivity contribution is 14.1. The average molecular weight is 341 g/mol. The number of carbonyl (C=O) groups is 1. The maximum Gasteiger partial charge on any atom is 0.310 e. The minimum absolute atomic E-state index is 0.00786. The van der Waals surface area contributed by atoms with Gasteiger partial charge in [0.05, 0.1) is 13.0 Å². The molecular weight excluding hydrogens is 331 g/mol. The first kappa shape index (κ1) is 13.3. The van der Waals surface area contributed by atoms with Gasteiger partial charge in [-0.25, -0.2) is 13.8 Å². The van der Waals surface area contributed by atoms with E-state index < -0.39 is 12.4 Å². The van der Waals surface area contributed by atoms with Crippen molar-refractivity contribution < 1.29 is 18.3 Å². The van der Waals surface area contributed by atoms with E-state index in [-0.39, 0.29) is 18.7 Å². The van der Waals surface area contributed by atoms with E-state index in [0.29, 0.717) is 9.26 Å². The molecule has 0 unspecified atom stereocenters. The number of rotatable bonds is 4. The zero-order valence-electron chi connectivity index (χ0n) is 8.54. The Morgan fingerprint density at radius 3 is 2.81 bits per heavy atom. The summed E-state index contributed by atoms with van der Waals surface area (Å²) < 4.78 is 30.0. The van der Waals surface area contributed by atoms with Gasteiger partial charge in [-0.3, -0.25) is 4.79 Å². The van der Waals surface area contributed by atoms with Crippen LogP contribution in [0.5, 0.6) is 0 Å². The number of hydrogen-bond donors (Lipinski definition) is 0. The van der Waals surface area contributed by atoms with Crippen molar-refractivity contribution in [2.24, 2.45) is 0 Å². The van der Waals surface area contributed by atoms with E-state index in [9.17, 15) is 13.6 Å². The van der Waals surface area contributed by atoms with Gasteiger partial charge in [0, 0.05) is 0 Å². The fourth-order valence-corrected chi connectivity index (χ4v) is 1.84. The first-order valence-corrected chi connectivity index (χ1v) is 5.71. The third-order valence-electron chi connectivity index (χ3n) is 1.75. The van der Waals surface area contributed by atoms with Crippen LogP contribution in [0.15, 0.2) is 12.1 Å². The van der Waals surface area contributed by atoms with Gasteiger partial charge >= 0.3 is 5.97 Å². The van der Waals surface area contributed by atoms with E-state index in [1.54, 1.807) is 13.0 Å². The number of aromatic nitrogens is 1. The highest BCUT2D eigenvalue weighted by atomic mass is 127. The van der Waals surface area contributed by atoms with Crippen molar-refractivity contribution in [1.82, 2.24) is 4.98 Å². The van der Waals surface area contributed by atoms with Crippen LogP contribution in [0, 0.1) is 3.70 Å². The summed E-state index contributed by atoms with van der Waals surface area (Å²) in [6.07, 6.45) is -2.64. The molecule has 0 saturated heterocycles. The van der Waals surface area contributed by atoms with Crippen LogP contribution in [-0.4, -0.2) is 17.6 Å². The van der Waals surface area contributed by atoms with Crippen LogP contribution in [0.4, 0.5) is 8.78 Å². The lowest BCUT2D eigenvalue weighted by atomic mass is 10.2. The van der Waals surface area contributed by atoms with Crippen molar-refractivity contribution in [3.63, 3.8) is 0 Å². The quantitative estimate of drug-likeness (QED) is 0.480. The van der Waals surface area contributed by atoms with Crippen LogP contribution in [0.3, 0.4) is 0 Å². The molecule has 1 aromatic rings. The third-order valence-corrected chi connectivity index (χ3v) is 2.30. The molecule has 0 bridgehead atoms. The lowest BCUT2D eigenvalue weighted by Gasteiger charge is -2.05. The Morgan fingerprint density at radius 2 is 2.25 bits per heavy atom. The van der Waals surface area contributed by atoms with Crippen LogP contribution < -0.4 is 0 Å². The Morgan fingerprint density at radius 1 is 1.56 bits per heavy atom. The highest BCUT2D eigenvalue weighted by Gasteiger charge is 2.13. The fraction of sp³-hybridized carbons (Fsp3) is 0.400. The van der Waals surface area contributed by atoms with Crippen LogP contribution in [0.25, 0.3) is 0 Å². The number of pyridine rings is 1. The molecule has 0 aliphatic carbocycles. The van der Waals surface area contributed by atoms with Crippen molar-refractivity contribution in [3.8, 4) is 0 Å². The lowest BCUT2D eigenvalue weighted by molar-refractivity contribution is -0.142. The second kappa shape index (κ2) is 6.07. The maximum atomic E-state index is 12.4. The summed E-state index contributed by atoms with van der Waals surface area (Å²) in [6.45, 7) is 1.97. The molecule has 1 rings (SSSR count). The lowest BCUT2D eigenvalue weighted by Crippen LogP contribution is -2.08. The van der Waals surface area contributed by atoms with Gasteiger partial charge in [-0.1, -0.05) is 0 Å². The summed E-state index contributed by atoms with van der Waals surface area (Å²) in [7, 11) is 0. The Kier molecular flexibility index (Phi) is 5.04. The van der Waals surface area contributed by atoms with E-state index in [1.807, 2.05) is 22.6 Å². The number of nitrogens with zero attached hydrogens (tertiary/aromatic N) is 1. The molecule has 0 spiro atoms. The van der Waals surface area contributed by atoms with Crippen LogP contribution in [0.1, 0.15) is 24.6 Å². The van der Waals surface area contributed by atoms with Gasteiger partial charge in [0.25, 0.3) is 6.43 Å². The minimum Gasteiger partial charge on any atom is -0.466 e. The molecule has 0 radical (unpaired) electrons. The molecule has 6 heteroatoms. The molecule has 0 N–H and O–H groups in total. The fourth-order valence-electron chi connectivity index (χ4n) is 1.17. The third kappa shape index (κ3) is 3.99. The summed E-state index contributed by atoms with van der Waals surface area (Å²) in [4.78, 5) is 14.8. The van der Waals surface area contributed by atoms with Crippen molar-refractivity contribution in [2.75, 3.05) is 6.61 Å². The van der Waals surface area contributed by atoms with Gasteiger partial charge in [-0.15, -0.1) is 0 Å². The van der Waals surface area contributed by atoms with E-state index >= 15 is 0 Å². The van der Waals surface area contributed by atoms with Crippen molar-refractivity contribution in [3.05, 3.63) is 27.1 Å². The molecule has 1 aromatic heterocycles. The van der Waals surface area contributed by atoms with Gasteiger partial charge in [-0.05, 0) is 47.2 Å². The van der Waals surface area contributed by atoms with E-state index in [1.165, 1.54) is 6.07 Å². The first-order valence-electron chi connectivity index (χ1n) is 4.63. The van der Waals surface area contributed by atoms with Crippen molar-refractivity contribution in [2.45, 2.75) is 19.8 Å². The number of ether oxygens (including phenoxy) is 1. The second-order valence-electron chi connectivity index (χ2n) is 3.01. The van der Waals surface area contributed by atoms with Crippen molar-refractivity contribution >= 4 is 28.6 Å². The van der Waals surface area contributed by atoms with Gasteiger partial charge in [0.2, 0.25) is 0 Å². The van der Waals surface area contributed by atoms with Crippen LogP contribution in [-0.2, 0) is 16.0 Å². The molecule has 0 aromatic carbocycles. The van der Waals surface area contributed by atoms with Crippen LogP contribution in [0.2, 0.25) is 0 Å². The number of carbonyl (C=O) groups excluding carboxylic acids is 1. The predicted molar refractivity (Wildman–Crippen MR) is 62.2 cm³/mol. The first-order chi connectivity index (χ1) is 7.52. The standard InChI is InChI=1S/C10H10F2INO2/c1-2-16-9(15)5-6-3-7(10(11)12)14-8(13)4-6/h3-4,10H,2,5H2,1H3. The Labute approximate surface area is 105 Å². The molecule has 0 aliphatic heterocycles. The molecule has 0 aliphatic rings. The SMILES string of the molecule is CCOC(=O)Cc1cc(I)nc(C(F)F)c1. The van der Waals surface area contributed by atoms with E-state index in [2.05, 4.69) is 4.98 Å². The topological polar surface area (TPSA) is 39.2 Å². The molecule has 0 atom stereocenters. The minimum atomic E-state index is -2.63. The maximum absolute atomic E-state index is 12.4. The number of alkyl halides is 2. The molecule has 88 valence electrons. The molecule has 0 amide bonds. The normalized spacial score (nSPS) is 10.6. The Bertz CT molecular complexity index is 385. The summed E-state index contributed by atoms with van der Waals surface area (Å²) >= 11 is 1.84. The number of hydrogen-bond acceptors (Lipinski definition) is 3. The zero-order valence-corrected chi connectivity index (χ0v) is 10.7. The molecule has 1 heterocycles. The molecular formula is C10H10F2INO2. The number of halogens is 3. The molecule has 0 fully saturated rings. The molecule has 16 heavy (non-hydrogen) atoms. The van der Waals surface area contributed by atoms with E-state index in [4.69, 9.17) is 4.74 Å². The van der Waals surface area contributed by atoms with Gasteiger partial charge in [0.1, 0.15) is 9.39 Å². The Hall–Kier alpha value is -0.790. The highest BCUT2D eigenvalue weighted by Crippen LogP contribution is 2.19. The largest absolute Gasteiger partial charge is 0.466 e. The van der Waals surface area contributed by atoms with E-state index in [0.717, 1.165) is 0 Å². The molecule has 0 saturated carbocycles. The van der Waals surface area contributed by atoms with Gasteiger partial charge in [0.15, 0.2) is 0 Å². The van der Waals surface area contributed by atoms with Gasteiger partial charge in [-0.2, -0.15) is 0 Å². The van der Waals surface area contributed by atoms with Gasteiger partial charge < -0.3 is 4.74 Å². The summed E-state index contributed by atoms with van der Waals surface area (Å²) in [6, 6.07) is 2.81. The van der Waals surface area contributed by atoms with Crippen molar-refractivity contribution in [1.29, 1.82) is 0 Å². The zero-order chi connectivity index (χ0) is 12.1. The smallest absolute Gasteiger partial charge is 0.310 e.